The molecule has 0 amide bonds. The first-order valence-corrected chi connectivity index (χ1v) is 4.47. The summed E-state index contributed by atoms with van der Waals surface area (Å²) in [6.45, 7) is 1.67. The summed E-state index contributed by atoms with van der Waals surface area (Å²) in [5, 5.41) is 8.79. The zero-order valence-electron chi connectivity index (χ0n) is 7.24. The number of halogens is 1. The Morgan fingerprint density at radius 1 is 1.57 bits per heavy atom. The number of rotatable bonds is 2. The van der Waals surface area contributed by atoms with E-state index in [-0.39, 0.29) is 11.3 Å². The van der Waals surface area contributed by atoms with E-state index in [0.29, 0.717) is 10.0 Å². The van der Waals surface area contributed by atoms with Gasteiger partial charge in [0.1, 0.15) is 0 Å². The smallest absolute Gasteiger partial charge is 0.336 e. The fourth-order valence-corrected chi connectivity index (χ4v) is 1.57. The highest BCUT2D eigenvalue weighted by Crippen LogP contribution is 2.28. The van der Waals surface area contributed by atoms with E-state index in [4.69, 9.17) is 5.11 Å². The Hall–Kier alpha value is -1.45. The van der Waals surface area contributed by atoms with Gasteiger partial charge in [-0.15, -0.1) is 0 Å². The summed E-state index contributed by atoms with van der Waals surface area (Å²) in [7, 11) is 0. The first kappa shape index (κ1) is 10.6. The monoisotopic (exact) mass is 255 g/mol. The van der Waals surface area contributed by atoms with E-state index >= 15 is 0 Å². The van der Waals surface area contributed by atoms with Gasteiger partial charge in [-0.2, -0.15) is 4.99 Å². The van der Waals surface area contributed by atoms with Crippen molar-refractivity contribution in [1.82, 2.24) is 0 Å². The molecule has 0 saturated heterocycles. The molecule has 0 saturated carbocycles. The quantitative estimate of drug-likeness (QED) is 0.652. The third-order valence-corrected chi connectivity index (χ3v) is 2.33. The summed E-state index contributed by atoms with van der Waals surface area (Å²) in [5.74, 6) is -1.04. The summed E-state index contributed by atoms with van der Waals surface area (Å²) in [5.41, 5.74) is 0.999. The van der Waals surface area contributed by atoms with Crippen LogP contribution >= 0.6 is 15.9 Å². The molecular formula is C9H6BrNO3. The number of hydrogen-bond acceptors (Lipinski definition) is 3. The van der Waals surface area contributed by atoms with Crippen LogP contribution in [0.2, 0.25) is 0 Å². The average Bonchev–Trinajstić information content (AvgIpc) is 2.09. The van der Waals surface area contributed by atoms with Gasteiger partial charge in [-0.3, -0.25) is 0 Å². The number of aromatic carboxylic acids is 1. The van der Waals surface area contributed by atoms with Crippen LogP contribution in [0.1, 0.15) is 15.9 Å². The van der Waals surface area contributed by atoms with Crippen molar-refractivity contribution >= 4 is 33.7 Å². The highest BCUT2D eigenvalue weighted by molar-refractivity contribution is 9.10. The predicted molar refractivity (Wildman–Crippen MR) is 53.6 cm³/mol. The second-order valence-corrected chi connectivity index (χ2v) is 3.48. The maximum Gasteiger partial charge on any atom is 0.336 e. The number of hydrogen-bond donors (Lipinski definition) is 1. The summed E-state index contributed by atoms with van der Waals surface area (Å²) in [6, 6.07) is 2.92. The zero-order valence-corrected chi connectivity index (χ0v) is 8.83. The Balaban J connectivity index is 3.41. The molecule has 1 aromatic carbocycles. The minimum atomic E-state index is -1.04. The maximum atomic E-state index is 10.7. The molecule has 0 spiro atoms. The Bertz CT molecular complexity index is 413. The Kier molecular flexibility index (Phi) is 3.17. The fraction of sp³-hybridized carbons (Fsp3) is 0.111. The molecule has 4 nitrogen and oxygen atoms in total. The van der Waals surface area contributed by atoms with Gasteiger partial charge >= 0.3 is 5.97 Å². The van der Waals surface area contributed by atoms with Crippen LogP contribution in [0.15, 0.2) is 21.6 Å². The summed E-state index contributed by atoms with van der Waals surface area (Å²) in [4.78, 5) is 24.1. The normalized spacial score (nSPS) is 9.29. The van der Waals surface area contributed by atoms with Crippen LogP contribution < -0.4 is 0 Å². The molecule has 1 aromatic rings. The summed E-state index contributed by atoms with van der Waals surface area (Å²) >= 11 is 3.17. The van der Waals surface area contributed by atoms with E-state index in [0.717, 1.165) is 0 Å². The molecular weight excluding hydrogens is 250 g/mol. The number of aryl methyl sites for hydroxylation is 1. The third-order valence-electron chi connectivity index (χ3n) is 1.69. The van der Waals surface area contributed by atoms with Crippen LogP contribution in [0.5, 0.6) is 0 Å². The number of carbonyl (C=O) groups excluding carboxylic acids is 1. The summed E-state index contributed by atoms with van der Waals surface area (Å²) < 4.78 is 0.573. The SMILES string of the molecule is Cc1cc(Br)c(N=C=O)cc1C(=O)O. The van der Waals surface area contributed by atoms with Gasteiger partial charge in [-0.1, -0.05) is 0 Å². The predicted octanol–water partition coefficient (Wildman–Crippen LogP) is 2.42. The van der Waals surface area contributed by atoms with Crippen molar-refractivity contribution in [3.8, 4) is 0 Å². The van der Waals surface area contributed by atoms with E-state index in [1.165, 1.54) is 12.1 Å². The molecule has 0 heterocycles. The van der Waals surface area contributed by atoms with Crippen molar-refractivity contribution in [2.75, 3.05) is 0 Å². The molecule has 0 unspecified atom stereocenters. The fourth-order valence-electron chi connectivity index (χ4n) is 1.03. The van der Waals surface area contributed by atoms with E-state index < -0.39 is 5.97 Å². The van der Waals surface area contributed by atoms with E-state index in [2.05, 4.69) is 20.9 Å². The topological polar surface area (TPSA) is 66.7 Å². The molecule has 72 valence electrons. The first-order valence-electron chi connectivity index (χ1n) is 3.67. The minimum absolute atomic E-state index is 0.127. The number of benzene rings is 1. The molecule has 1 N–H and O–H groups in total. The van der Waals surface area contributed by atoms with Crippen molar-refractivity contribution < 1.29 is 14.7 Å². The van der Waals surface area contributed by atoms with Crippen molar-refractivity contribution in [3.63, 3.8) is 0 Å². The van der Waals surface area contributed by atoms with Gasteiger partial charge in [0.2, 0.25) is 6.08 Å². The van der Waals surface area contributed by atoms with Crippen molar-refractivity contribution in [1.29, 1.82) is 0 Å². The van der Waals surface area contributed by atoms with Gasteiger partial charge in [0.05, 0.1) is 11.3 Å². The molecule has 0 radical (unpaired) electrons. The van der Waals surface area contributed by atoms with Gasteiger partial charge in [-0.05, 0) is 40.5 Å². The highest BCUT2D eigenvalue weighted by atomic mass is 79.9. The van der Waals surface area contributed by atoms with E-state index in [9.17, 15) is 9.59 Å². The van der Waals surface area contributed by atoms with Crippen molar-refractivity contribution in [2.24, 2.45) is 4.99 Å². The molecule has 14 heavy (non-hydrogen) atoms. The number of nitrogens with zero attached hydrogens (tertiary/aromatic N) is 1. The zero-order chi connectivity index (χ0) is 10.7. The van der Waals surface area contributed by atoms with Crippen LogP contribution in [0, 0.1) is 6.92 Å². The number of carbonyl (C=O) groups is 1. The second-order valence-electron chi connectivity index (χ2n) is 2.63. The molecule has 0 aromatic heterocycles. The van der Waals surface area contributed by atoms with Crippen LogP contribution in [0.4, 0.5) is 5.69 Å². The van der Waals surface area contributed by atoms with Crippen LogP contribution in [-0.4, -0.2) is 17.2 Å². The Morgan fingerprint density at radius 3 is 2.71 bits per heavy atom. The molecule has 1 rings (SSSR count). The average molecular weight is 256 g/mol. The minimum Gasteiger partial charge on any atom is -0.478 e. The molecule has 0 aliphatic heterocycles. The van der Waals surface area contributed by atoms with E-state index in [1.807, 2.05) is 0 Å². The largest absolute Gasteiger partial charge is 0.478 e. The van der Waals surface area contributed by atoms with Crippen molar-refractivity contribution in [2.45, 2.75) is 6.92 Å². The lowest BCUT2D eigenvalue weighted by Crippen LogP contribution is -1.99. The van der Waals surface area contributed by atoms with Gasteiger partial charge in [-0.25, -0.2) is 9.59 Å². The maximum absolute atomic E-state index is 10.7. The standard InChI is InChI=1S/C9H6BrNO3/c1-5-2-7(10)8(11-4-12)3-6(5)9(13)14/h2-3H,1H3,(H,13,14). The molecule has 0 bridgehead atoms. The third kappa shape index (κ3) is 2.07. The molecule has 5 heteroatoms. The number of isocyanates is 1. The lowest BCUT2D eigenvalue weighted by Gasteiger charge is -2.03. The molecule has 0 atom stereocenters. The lowest BCUT2D eigenvalue weighted by atomic mass is 10.1. The van der Waals surface area contributed by atoms with Gasteiger partial charge in [0.15, 0.2) is 0 Å². The molecule has 0 fully saturated rings. The molecule has 0 aliphatic carbocycles. The Morgan fingerprint density at radius 2 is 2.21 bits per heavy atom. The summed E-state index contributed by atoms with van der Waals surface area (Å²) in [6.07, 6.45) is 1.36. The van der Waals surface area contributed by atoms with Crippen LogP contribution in [-0.2, 0) is 4.79 Å². The van der Waals surface area contributed by atoms with Gasteiger partial charge < -0.3 is 5.11 Å². The van der Waals surface area contributed by atoms with Gasteiger partial charge in [0.25, 0.3) is 0 Å². The number of carboxylic acids is 1. The van der Waals surface area contributed by atoms with Gasteiger partial charge in [0, 0.05) is 4.47 Å². The highest BCUT2D eigenvalue weighted by Gasteiger charge is 2.10. The first-order chi connectivity index (χ1) is 6.56. The van der Waals surface area contributed by atoms with Crippen LogP contribution in [0.25, 0.3) is 0 Å². The second kappa shape index (κ2) is 4.17. The van der Waals surface area contributed by atoms with E-state index in [1.54, 1.807) is 13.0 Å². The van der Waals surface area contributed by atoms with Crippen molar-refractivity contribution in [3.05, 3.63) is 27.7 Å². The van der Waals surface area contributed by atoms with Crippen LogP contribution in [0.3, 0.4) is 0 Å². The Labute approximate surface area is 88.4 Å². The number of aliphatic imine (C=N–C) groups is 1. The lowest BCUT2D eigenvalue weighted by molar-refractivity contribution is 0.0696. The molecule has 0 aliphatic rings. The number of carboxylic acid groups (broad SMARTS) is 1.